The van der Waals surface area contributed by atoms with Crippen molar-refractivity contribution in [3.63, 3.8) is 0 Å². The summed E-state index contributed by atoms with van der Waals surface area (Å²) < 4.78 is 2.84. The maximum Gasteiger partial charge on any atom is 0.279 e. The molecule has 4 rings (SSSR count). The lowest BCUT2D eigenvalue weighted by atomic mass is 9.90. The average Bonchev–Trinajstić information content (AvgIpc) is 2.98. The van der Waals surface area contributed by atoms with Crippen molar-refractivity contribution in [3.8, 4) is 12.3 Å². The van der Waals surface area contributed by atoms with E-state index in [9.17, 15) is 4.79 Å². The van der Waals surface area contributed by atoms with E-state index in [4.69, 9.17) is 18.0 Å². The van der Waals surface area contributed by atoms with E-state index in [-0.39, 0.29) is 5.91 Å². The Balaban J connectivity index is 1.79. The van der Waals surface area contributed by atoms with Gasteiger partial charge in [0.2, 0.25) is 0 Å². The van der Waals surface area contributed by atoms with Crippen LogP contribution in [-0.4, -0.2) is 10.5 Å². The second-order valence-corrected chi connectivity index (χ2v) is 7.84. The lowest BCUT2D eigenvalue weighted by Gasteiger charge is -2.15. The van der Waals surface area contributed by atoms with Gasteiger partial charge >= 0.3 is 0 Å². The molecule has 1 heterocycles. The van der Waals surface area contributed by atoms with Crippen LogP contribution in [-0.2, 0) is 19.4 Å². The molecule has 1 aromatic heterocycles. The number of benzene rings is 2. The van der Waals surface area contributed by atoms with Crippen molar-refractivity contribution >= 4 is 39.1 Å². The number of hydrogen-bond acceptors (Lipinski definition) is 2. The van der Waals surface area contributed by atoms with E-state index in [1.54, 1.807) is 0 Å². The molecular weight excluding hydrogens is 364 g/mol. The van der Waals surface area contributed by atoms with Crippen molar-refractivity contribution in [3.05, 3.63) is 62.9 Å². The topological polar surface area (TPSA) is 34.4 Å². The smallest absolute Gasteiger partial charge is 0.279 e. The summed E-state index contributed by atoms with van der Waals surface area (Å²) in [5, 5.41) is 0.652. The molecule has 0 unspecified atom stereocenters. The molecule has 3 aromatic rings. The summed E-state index contributed by atoms with van der Waals surface area (Å²) in [7, 11) is 0. The molecule has 0 atom stereocenters. The van der Waals surface area contributed by atoms with Crippen LogP contribution in [0.3, 0.4) is 0 Å². The third-order valence-corrected chi connectivity index (χ3v) is 5.96. The minimum absolute atomic E-state index is 0.234. The number of terminal acetylenes is 1. The third-order valence-electron chi connectivity index (χ3n) is 4.69. The van der Waals surface area contributed by atoms with E-state index >= 15 is 0 Å². The highest BCUT2D eigenvalue weighted by Gasteiger charge is 2.13. The number of carbonyl (C=O) groups excluding carboxylic acids is 1. The Kier molecular flexibility index (Phi) is 4.67. The average molecular weight is 381 g/mol. The lowest BCUT2D eigenvalue weighted by Crippen LogP contribution is -2.16. The molecule has 1 aliphatic rings. The molecule has 0 saturated carbocycles. The monoisotopic (exact) mass is 380 g/mol. The number of aromatic nitrogens is 1. The molecule has 0 N–H and O–H groups in total. The number of amides is 1. The number of hydrogen-bond donors (Lipinski definition) is 0. The van der Waals surface area contributed by atoms with Gasteiger partial charge in [-0.25, -0.2) is 0 Å². The maximum absolute atomic E-state index is 12.7. The molecule has 0 fully saturated rings. The molecule has 0 saturated heterocycles. The maximum atomic E-state index is 12.7. The highest BCUT2D eigenvalue weighted by molar-refractivity contribution is 7.16. The van der Waals surface area contributed by atoms with Gasteiger partial charge in [0, 0.05) is 10.6 Å². The normalized spacial score (nSPS) is 14.2. The van der Waals surface area contributed by atoms with Crippen molar-refractivity contribution < 1.29 is 4.79 Å². The summed E-state index contributed by atoms with van der Waals surface area (Å²) in [4.78, 5) is 17.7. The molecule has 5 heteroatoms. The van der Waals surface area contributed by atoms with E-state index in [0.29, 0.717) is 21.9 Å². The highest BCUT2D eigenvalue weighted by atomic mass is 35.5. The largest absolute Gasteiger partial charge is 0.305 e. The van der Waals surface area contributed by atoms with Crippen LogP contribution < -0.4 is 4.80 Å². The standard InChI is InChI=1S/C21H17ClN2OS/c1-2-11-24-18-10-9-17(22)13-19(18)26-21(24)23-20(25)16-8-7-14-5-3-4-6-15(14)12-16/h1,7-10,12-13H,3-6,11H2. The molecule has 1 amide bonds. The number of nitrogens with zero attached hydrogens (tertiary/aromatic N) is 2. The minimum Gasteiger partial charge on any atom is -0.305 e. The minimum atomic E-state index is -0.234. The van der Waals surface area contributed by atoms with Crippen LogP contribution in [0, 0.1) is 12.3 Å². The van der Waals surface area contributed by atoms with Crippen LogP contribution in [0.15, 0.2) is 41.4 Å². The zero-order chi connectivity index (χ0) is 18.1. The van der Waals surface area contributed by atoms with Gasteiger partial charge in [0.1, 0.15) is 0 Å². The van der Waals surface area contributed by atoms with Crippen molar-refractivity contribution in [1.82, 2.24) is 4.57 Å². The lowest BCUT2D eigenvalue weighted by molar-refractivity contribution is 0.0998. The Morgan fingerprint density at radius 1 is 1.19 bits per heavy atom. The van der Waals surface area contributed by atoms with Gasteiger partial charge in [0.15, 0.2) is 4.80 Å². The van der Waals surface area contributed by atoms with Crippen LogP contribution >= 0.6 is 22.9 Å². The van der Waals surface area contributed by atoms with Gasteiger partial charge in [0.05, 0.1) is 16.8 Å². The van der Waals surface area contributed by atoms with Crippen LogP contribution in [0.2, 0.25) is 5.02 Å². The summed E-state index contributed by atoms with van der Waals surface area (Å²) in [6, 6.07) is 11.5. The molecule has 0 aliphatic heterocycles. The Bertz CT molecular complexity index is 1120. The molecule has 130 valence electrons. The molecule has 0 spiro atoms. The fraction of sp³-hybridized carbons (Fsp3) is 0.238. The van der Waals surface area contributed by atoms with Gasteiger partial charge < -0.3 is 4.57 Å². The number of thiazole rings is 1. The predicted octanol–water partition coefficient (Wildman–Crippen LogP) is 4.61. The zero-order valence-corrected chi connectivity index (χ0v) is 15.7. The third kappa shape index (κ3) is 3.21. The van der Waals surface area contributed by atoms with E-state index in [1.165, 1.54) is 35.3 Å². The molecule has 3 nitrogen and oxygen atoms in total. The second kappa shape index (κ2) is 7.11. The van der Waals surface area contributed by atoms with Gasteiger partial charge in [-0.2, -0.15) is 4.99 Å². The van der Waals surface area contributed by atoms with Crippen LogP contribution in [0.25, 0.3) is 10.2 Å². The van der Waals surface area contributed by atoms with E-state index in [2.05, 4.69) is 17.0 Å². The Labute approximate surface area is 161 Å². The van der Waals surface area contributed by atoms with Crippen molar-refractivity contribution in [1.29, 1.82) is 0 Å². The van der Waals surface area contributed by atoms with Gasteiger partial charge in [-0.05, 0) is 67.1 Å². The first-order valence-electron chi connectivity index (χ1n) is 8.59. The first-order chi connectivity index (χ1) is 12.7. The molecule has 0 radical (unpaired) electrons. The molecule has 0 bridgehead atoms. The molecule has 1 aliphatic carbocycles. The summed E-state index contributed by atoms with van der Waals surface area (Å²) in [6.07, 6.45) is 10.0. The number of aryl methyl sites for hydroxylation is 2. The zero-order valence-electron chi connectivity index (χ0n) is 14.2. The van der Waals surface area contributed by atoms with Crippen molar-refractivity contribution in [2.45, 2.75) is 32.2 Å². The van der Waals surface area contributed by atoms with Gasteiger partial charge in [0.25, 0.3) is 5.91 Å². The fourth-order valence-electron chi connectivity index (χ4n) is 3.39. The highest BCUT2D eigenvalue weighted by Crippen LogP contribution is 2.24. The van der Waals surface area contributed by atoms with Crippen LogP contribution in [0.4, 0.5) is 0 Å². The quantitative estimate of drug-likeness (QED) is 0.598. The van der Waals surface area contributed by atoms with Crippen molar-refractivity contribution in [2.24, 2.45) is 4.99 Å². The Hall–Kier alpha value is -2.35. The van der Waals surface area contributed by atoms with Crippen LogP contribution in [0.5, 0.6) is 0 Å². The molecule has 26 heavy (non-hydrogen) atoms. The first-order valence-corrected chi connectivity index (χ1v) is 9.78. The molecule has 2 aromatic carbocycles. The Morgan fingerprint density at radius 2 is 2.00 bits per heavy atom. The van der Waals surface area contributed by atoms with E-state index in [1.807, 2.05) is 34.9 Å². The summed E-state index contributed by atoms with van der Waals surface area (Å²) in [6.45, 7) is 0.359. The van der Waals surface area contributed by atoms with Gasteiger partial charge in [-0.15, -0.1) is 6.42 Å². The summed E-state index contributed by atoms with van der Waals surface area (Å²) in [5.41, 5.74) is 4.20. The van der Waals surface area contributed by atoms with Gasteiger partial charge in [-0.3, -0.25) is 4.79 Å². The Morgan fingerprint density at radius 3 is 2.81 bits per heavy atom. The van der Waals surface area contributed by atoms with E-state index < -0.39 is 0 Å². The van der Waals surface area contributed by atoms with Gasteiger partial charge in [-0.1, -0.05) is 34.9 Å². The number of halogens is 1. The summed E-state index contributed by atoms with van der Waals surface area (Å²) in [5.74, 6) is 2.40. The number of rotatable bonds is 2. The summed E-state index contributed by atoms with van der Waals surface area (Å²) >= 11 is 7.51. The predicted molar refractivity (Wildman–Crippen MR) is 107 cm³/mol. The van der Waals surface area contributed by atoms with E-state index in [0.717, 1.165) is 23.1 Å². The second-order valence-electron chi connectivity index (χ2n) is 6.39. The van der Waals surface area contributed by atoms with Crippen molar-refractivity contribution in [2.75, 3.05) is 0 Å². The van der Waals surface area contributed by atoms with Crippen LogP contribution in [0.1, 0.15) is 34.3 Å². The fourth-order valence-corrected chi connectivity index (χ4v) is 4.70. The number of fused-ring (bicyclic) bond motifs is 2. The first kappa shape index (κ1) is 17.1. The SMILES string of the molecule is C#CCn1c(=NC(=O)c2ccc3c(c2)CCCC3)sc2cc(Cl)ccc21. The molecular formula is C21H17ClN2OS. The number of carbonyl (C=O) groups is 1.